The number of hydrogen-bond acceptors (Lipinski definition) is 2. The van der Waals surface area contributed by atoms with Crippen molar-refractivity contribution < 1.29 is 14.6 Å². The summed E-state index contributed by atoms with van der Waals surface area (Å²) in [5, 5.41) is 15.2. The van der Waals surface area contributed by atoms with E-state index in [1.54, 1.807) is 6.07 Å². The largest absolute Gasteiger partial charge is 0.451 e. The molecule has 0 fully saturated rings. The van der Waals surface area contributed by atoms with Crippen LogP contribution in [-0.4, -0.2) is 15.0 Å². The first-order chi connectivity index (χ1) is 14.7. The van der Waals surface area contributed by atoms with E-state index in [9.17, 15) is 5.11 Å². The van der Waals surface area contributed by atoms with Crippen LogP contribution in [0.2, 0.25) is 0 Å². The summed E-state index contributed by atoms with van der Waals surface area (Å²) < 4.78 is 12.3. The van der Waals surface area contributed by atoms with Crippen LogP contribution in [-0.2, 0) is 5.11 Å². The smallest absolute Gasteiger partial charge is 0.242 e. The molecule has 145 valence electrons. The zero-order chi connectivity index (χ0) is 20.1. The number of nitrogens with one attached hydrogen (secondary N) is 3. The summed E-state index contributed by atoms with van der Waals surface area (Å²) in [4.78, 5) is 9.52. The number of ether oxygens (including phenoxy) is 2. The summed E-state index contributed by atoms with van der Waals surface area (Å²) in [7, 11) is 0. The monoisotopic (exact) mass is 394 g/mol. The molecule has 0 aliphatic rings. The minimum Gasteiger partial charge on any atom is -0.451 e. The van der Waals surface area contributed by atoms with Gasteiger partial charge in [0.25, 0.3) is 0 Å². The summed E-state index contributed by atoms with van der Waals surface area (Å²) in [6, 6.07) is 20.5. The predicted octanol–water partition coefficient (Wildman–Crippen LogP) is 6.86. The van der Waals surface area contributed by atoms with Gasteiger partial charge in [-0.3, -0.25) is 5.11 Å². The number of fused-ring (bicyclic) bond motifs is 3. The molecule has 1 radical (unpaired) electrons. The highest BCUT2D eigenvalue weighted by molar-refractivity contribution is 5.95. The molecule has 3 aromatic carbocycles. The van der Waals surface area contributed by atoms with E-state index in [4.69, 9.17) is 9.47 Å². The summed E-state index contributed by atoms with van der Waals surface area (Å²) in [6.45, 7) is 0. The average molecular weight is 394 g/mol. The van der Waals surface area contributed by atoms with Crippen LogP contribution in [0.15, 0.2) is 79.1 Å². The Morgan fingerprint density at radius 2 is 1.47 bits per heavy atom. The quantitative estimate of drug-likeness (QED) is 0.305. The van der Waals surface area contributed by atoms with Gasteiger partial charge < -0.3 is 24.4 Å². The van der Waals surface area contributed by atoms with E-state index in [1.807, 2.05) is 67.0 Å². The van der Waals surface area contributed by atoms with Crippen molar-refractivity contribution in [3.63, 3.8) is 0 Å². The third-order valence-electron chi connectivity index (χ3n) is 5.20. The van der Waals surface area contributed by atoms with Gasteiger partial charge in [0, 0.05) is 34.9 Å². The predicted molar refractivity (Wildman–Crippen MR) is 115 cm³/mol. The van der Waals surface area contributed by atoms with Crippen molar-refractivity contribution >= 4 is 32.7 Å². The molecule has 3 N–H and O–H groups in total. The fourth-order valence-corrected chi connectivity index (χ4v) is 3.75. The molecule has 6 aromatic rings. The summed E-state index contributed by atoms with van der Waals surface area (Å²) in [6.07, 6.45) is 3.76. The zero-order valence-corrected chi connectivity index (χ0v) is 15.7. The molecular weight excluding hydrogens is 378 g/mol. The average Bonchev–Trinajstić information content (AvgIpc) is 3.47. The number of H-pyrrole nitrogens is 3. The molecule has 0 spiro atoms. The molecule has 0 saturated carbocycles. The van der Waals surface area contributed by atoms with E-state index in [0.29, 0.717) is 34.0 Å². The molecular formula is C24H16N3O3. The van der Waals surface area contributed by atoms with Gasteiger partial charge in [0.05, 0.1) is 10.9 Å². The molecule has 0 amide bonds. The Hall–Kier alpha value is -4.32. The summed E-state index contributed by atoms with van der Waals surface area (Å²) in [5.41, 5.74) is 2.64. The van der Waals surface area contributed by atoms with Crippen molar-refractivity contribution in [2.24, 2.45) is 0 Å². The van der Waals surface area contributed by atoms with Crippen LogP contribution in [0.1, 0.15) is 0 Å². The van der Waals surface area contributed by atoms with Crippen molar-refractivity contribution in [2.75, 3.05) is 0 Å². The van der Waals surface area contributed by atoms with E-state index in [1.165, 1.54) is 6.07 Å². The van der Waals surface area contributed by atoms with E-state index in [0.717, 1.165) is 21.8 Å². The Balaban J connectivity index is 1.46. The molecule has 0 unspecified atom stereocenters. The lowest BCUT2D eigenvalue weighted by Crippen LogP contribution is -1.89. The van der Waals surface area contributed by atoms with Crippen molar-refractivity contribution in [3.8, 4) is 28.9 Å². The Bertz CT molecular complexity index is 1520. The lowest BCUT2D eigenvalue weighted by atomic mass is 10.2. The van der Waals surface area contributed by atoms with Crippen molar-refractivity contribution in [2.45, 2.75) is 0 Å². The summed E-state index contributed by atoms with van der Waals surface area (Å²) >= 11 is 0. The molecule has 3 aromatic heterocycles. The molecule has 0 saturated heterocycles. The molecule has 6 rings (SSSR count). The first-order valence-electron chi connectivity index (χ1n) is 9.56. The fraction of sp³-hybridized carbons (Fsp3) is 0. The van der Waals surface area contributed by atoms with E-state index < -0.39 is 0 Å². The van der Waals surface area contributed by atoms with Gasteiger partial charge in [0.15, 0.2) is 5.75 Å². The second kappa shape index (κ2) is 6.35. The van der Waals surface area contributed by atoms with Crippen molar-refractivity contribution in [1.29, 1.82) is 0 Å². The maximum absolute atomic E-state index is 12.6. The summed E-state index contributed by atoms with van der Waals surface area (Å²) in [5.74, 6) is 1.88. The molecule has 0 aliphatic carbocycles. The van der Waals surface area contributed by atoms with Crippen LogP contribution < -0.4 is 9.47 Å². The molecule has 0 bridgehead atoms. The van der Waals surface area contributed by atoms with Gasteiger partial charge in [-0.2, -0.15) is 0 Å². The Labute approximate surface area is 170 Å². The van der Waals surface area contributed by atoms with Crippen LogP contribution >= 0.6 is 0 Å². The number of aromatic amines is 3. The fourth-order valence-electron chi connectivity index (χ4n) is 3.75. The molecule has 3 heterocycles. The maximum atomic E-state index is 12.6. The van der Waals surface area contributed by atoms with Crippen LogP contribution in [0, 0.1) is 0 Å². The van der Waals surface area contributed by atoms with Crippen LogP contribution in [0.25, 0.3) is 32.7 Å². The van der Waals surface area contributed by atoms with Gasteiger partial charge in [-0.1, -0.05) is 6.07 Å². The van der Waals surface area contributed by atoms with Crippen LogP contribution in [0.5, 0.6) is 28.9 Å². The minimum atomic E-state index is -0.129. The first kappa shape index (κ1) is 16.6. The maximum Gasteiger partial charge on any atom is 0.242 e. The Morgan fingerprint density at radius 1 is 0.667 bits per heavy atom. The van der Waals surface area contributed by atoms with E-state index in [2.05, 4.69) is 15.0 Å². The Morgan fingerprint density at radius 3 is 2.40 bits per heavy atom. The van der Waals surface area contributed by atoms with Gasteiger partial charge >= 0.3 is 0 Å². The van der Waals surface area contributed by atoms with Gasteiger partial charge in [0.1, 0.15) is 11.5 Å². The van der Waals surface area contributed by atoms with E-state index >= 15 is 0 Å². The van der Waals surface area contributed by atoms with Gasteiger partial charge in [-0.05, 0) is 60.0 Å². The minimum absolute atomic E-state index is 0.129. The number of rotatable bonds is 4. The zero-order valence-electron chi connectivity index (χ0n) is 15.7. The highest BCUT2D eigenvalue weighted by atomic mass is 16.5. The second-order valence-electron chi connectivity index (χ2n) is 7.12. The number of hydrogen-bond donors (Lipinski definition) is 3. The molecule has 0 aliphatic heterocycles. The highest BCUT2D eigenvalue weighted by Crippen LogP contribution is 2.45. The van der Waals surface area contributed by atoms with Crippen molar-refractivity contribution in [1.82, 2.24) is 15.0 Å². The lowest BCUT2D eigenvalue weighted by Gasteiger charge is -2.09. The second-order valence-corrected chi connectivity index (χ2v) is 7.12. The van der Waals surface area contributed by atoms with Crippen LogP contribution in [0.3, 0.4) is 0 Å². The van der Waals surface area contributed by atoms with E-state index in [-0.39, 0.29) is 5.75 Å². The molecule has 0 atom stereocenters. The SMILES string of the molecule is [O]c1cccc2[nH]c(Oc3ccc4[nH]ccc4c3)c(Oc3ccc4cc[nH]c4c3)c12. The van der Waals surface area contributed by atoms with Crippen LogP contribution in [0.4, 0.5) is 0 Å². The number of aromatic nitrogens is 3. The lowest BCUT2D eigenvalue weighted by molar-refractivity contribution is 0.358. The standard InChI is InChI=1S/C24H16N3O3/c28-21-3-1-2-19-22(21)23(29-17-5-4-14-8-10-26-20(14)13-17)24(27-19)30-16-6-7-18-15(12-16)9-11-25-18/h1-13,25-27H. The van der Waals surface area contributed by atoms with Crippen molar-refractivity contribution in [3.05, 3.63) is 79.1 Å². The highest BCUT2D eigenvalue weighted by Gasteiger charge is 2.20. The van der Waals surface area contributed by atoms with Gasteiger partial charge in [0.2, 0.25) is 11.6 Å². The molecule has 6 nitrogen and oxygen atoms in total. The molecule has 30 heavy (non-hydrogen) atoms. The topological polar surface area (TPSA) is 85.7 Å². The third kappa shape index (κ3) is 2.66. The first-order valence-corrected chi connectivity index (χ1v) is 9.56. The van der Waals surface area contributed by atoms with Gasteiger partial charge in [-0.25, -0.2) is 0 Å². The molecule has 6 heteroatoms. The normalized spacial score (nSPS) is 11.5. The van der Waals surface area contributed by atoms with Gasteiger partial charge in [-0.15, -0.1) is 0 Å². The third-order valence-corrected chi connectivity index (χ3v) is 5.20. The number of benzene rings is 3. The Kier molecular flexibility index (Phi) is 3.52.